The van der Waals surface area contributed by atoms with E-state index in [1.54, 1.807) is 18.2 Å². The van der Waals surface area contributed by atoms with E-state index in [0.717, 1.165) is 12.0 Å². The molecule has 0 radical (unpaired) electrons. The molecule has 17 heavy (non-hydrogen) atoms. The summed E-state index contributed by atoms with van der Waals surface area (Å²) in [6.07, 6.45) is 4.55. The average Bonchev–Trinajstić information content (AvgIpc) is 2.34. The molecule has 0 aliphatic carbocycles. The highest BCUT2D eigenvalue weighted by Crippen LogP contribution is 2.07. The van der Waals surface area contributed by atoms with Gasteiger partial charge in [0.25, 0.3) is 0 Å². The molecule has 0 bridgehead atoms. The van der Waals surface area contributed by atoms with E-state index in [2.05, 4.69) is 6.58 Å². The molecule has 0 N–H and O–H groups in total. The molecular formula is C15H18O2. The van der Waals surface area contributed by atoms with Crippen molar-refractivity contribution in [2.75, 3.05) is 6.61 Å². The molecule has 2 heteroatoms. The summed E-state index contributed by atoms with van der Waals surface area (Å²) in [5.41, 5.74) is 2.80. The molecule has 0 heterocycles. The van der Waals surface area contributed by atoms with Crippen LogP contribution in [0.15, 0.2) is 42.5 Å². The molecule has 0 fully saturated rings. The number of esters is 1. The van der Waals surface area contributed by atoms with Crippen LogP contribution in [0.3, 0.4) is 0 Å². The zero-order valence-electron chi connectivity index (χ0n) is 10.4. The average molecular weight is 230 g/mol. The maximum Gasteiger partial charge on any atom is 0.338 e. The van der Waals surface area contributed by atoms with Gasteiger partial charge >= 0.3 is 5.97 Å². The highest BCUT2D eigenvalue weighted by Gasteiger charge is 2.05. The van der Waals surface area contributed by atoms with Crippen molar-refractivity contribution in [3.05, 3.63) is 53.6 Å². The summed E-state index contributed by atoms with van der Waals surface area (Å²) in [5.74, 6) is -0.275. The maximum atomic E-state index is 11.6. The molecular weight excluding hydrogens is 212 g/mol. The molecule has 1 aromatic carbocycles. The molecule has 0 saturated carbocycles. The quantitative estimate of drug-likeness (QED) is 0.436. The van der Waals surface area contributed by atoms with Crippen LogP contribution in [0, 0.1) is 0 Å². The lowest BCUT2D eigenvalue weighted by Gasteiger charge is -2.03. The smallest absolute Gasteiger partial charge is 0.338 e. The zero-order chi connectivity index (χ0) is 12.7. The van der Waals surface area contributed by atoms with Crippen molar-refractivity contribution < 1.29 is 9.53 Å². The first-order valence-corrected chi connectivity index (χ1v) is 5.66. The van der Waals surface area contributed by atoms with E-state index in [1.165, 1.54) is 5.57 Å². The van der Waals surface area contributed by atoms with Gasteiger partial charge in [0.2, 0.25) is 0 Å². The minimum atomic E-state index is -0.275. The number of carbonyl (C=O) groups excluding carboxylic acids is 1. The summed E-state index contributed by atoms with van der Waals surface area (Å²) in [7, 11) is 0. The molecule has 0 atom stereocenters. The molecule has 2 nitrogen and oxygen atoms in total. The largest absolute Gasteiger partial charge is 0.462 e. The van der Waals surface area contributed by atoms with E-state index in [1.807, 2.05) is 32.1 Å². The number of rotatable bonds is 5. The highest BCUT2D eigenvalue weighted by atomic mass is 16.5. The summed E-state index contributed by atoms with van der Waals surface area (Å²) in [6.45, 7) is 8.13. The van der Waals surface area contributed by atoms with Crippen LogP contribution in [0.1, 0.15) is 36.2 Å². The van der Waals surface area contributed by atoms with Crippen LogP contribution in [-0.2, 0) is 4.74 Å². The Morgan fingerprint density at radius 1 is 1.29 bits per heavy atom. The van der Waals surface area contributed by atoms with Crippen LogP contribution < -0.4 is 0 Å². The third-order valence-corrected chi connectivity index (χ3v) is 2.29. The zero-order valence-corrected chi connectivity index (χ0v) is 10.4. The third-order valence-electron chi connectivity index (χ3n) is 2.29. The lowest BCUT2D eigenvalue weighted by Crippen LogP contribution is -2.05. The van der Waals surface area contributed by atoms with Crippen molar-refractivity contribution in [2.24, 2.45) is 0 Å². The van der Waals surface area contributed by atoms with E-state index in [4.69, 9.17) is 4.74 Å². The lowest BCUT2D eigenvalue weighted by molar-refractivity contribution is 0.0511. The van der Waals surface area contributed by atoms with Gasteiger partial charge in [0.15, 0.2) is 0 Å². The van der Waals surface area contributed by atoms with Gasteiger partial charge in [-0.15, -0.1) is 0 Å². The number of carbonyl (C=O) groups is 1. The van der Waals surface area contributed by atoms with Crippen molar-refractivity contribution in [1.82, 2.24) is 0 Å². The van der Waals surface area contributed by atoms with Gasteiger partial charge in [0, 0.05) is 0 Å². The predicted molar refractivity (Wildman–Crippen MR) is 70.9 cm³/mol. The van der Waals surface area contributed by atoms with Crippen molar-refractivity contribution in [3.63, 3.8) is 0 Å². The van der Waals surface area contributed by atoms with Crippen LogP contribution in [0.25, 0.3) is 6.08 Å². The molecule has 1 rings (SSSR count). The van der Waals surface area contributed by atoms with Gasteiger partial charge < -0.3 is 4.74 Å². The van der Waals surface area contributed by atoms with Gasteiger partial charge in [0.1, 0.15) is 0 Å². The molecule has 0 amide bonds. The second-order valence-electron chi connectivity index (χ2n) is 4.03. The second-order valence-corrected chi connectivity index (χ2v) is 4.03. The molecule has 0 spiro atoms. The Kier molecular flexibility index (Phi) is 5.21. The van der Waals surface area contributed by atoms with Crippen molar-refractivity contribution in [1.29, 1.82) is 0 Å². The van der Waals surface area contributed by atoms with Gasteiger partial charge in [-0.05, 0) is 38.0 Å². The van der Waals surface area contributed by atoms with Gasteiger partial charge in [-0.1, -0.05) is 36.4 Å². The Hall–Kier alpha value is -1.83. The lowest BCUT2D eigenvalue weighted by atomic mass is 10.1. The number of ether oxygens (including phenoxy) is 1. The Labute approximate surface area is 103 Å². The summed E-state index contributed by atoms with van der Waals surface area (Å²) < 4.78 is 5.14. The normalized spacial score (nSPS) is 9.53. The fourth-order valence-corrected chi connectivity index (χ4v) is 1.34. The predicted octanol–water partition coefficient (Wildman–Crippen LogP) is 3.84. The first-order valence-electron chi connectivity index (χ1n) is 5.66. The Morgan fingerprint density at radius 2 is 1.94 bits per heavy atom. The summed E-state index contributed by atoms with van der Waals surface area (Å²) >= 11 is 0. The van der Waals surface area contributed by atoms with Crippen LogP contribution in [0.5, 0.6) is 0 Å². The van der Waals surface area contributed by atoms with Crippen LogP contribution >= 0.6 is 0 Å². The number of benzene rings is 1. The molecule has 0 aliphatic rings. The van der Waals surface area contributed by atoms with Gasteiger partial charge in [-0.3, -0.25) is 0 Å². The summed E-state index contributed by atoms with van der Waals surface area (Å²) in [5, 5.41) is 0. The van der Waals surface area contributed by atoms with E-state index < -0.39 is 0 Å². The fraction of sp³-hybridized carbons (Fsp3) is 0.267. The molecule has 0 unspecified atom stereocenters. The minimum Gasteiger partial charge on any atom is -0.462 e. The Bertz CT molecular complexity index is 409. The minimum absolute atomic E-state index is 0.275. The highest BCUT2D eigenvalue weighted by molar-refractivity contribution is 5.89. The van der Waals surface area contributed by atoms with Crippen LogP contribution in [0.2, 0.25) is 0 Å². The fourth-order valence-electron chi connectivity index (χ4n) is 1.34. The standard InChI is InChI=1S/C15H18O2/c1-4-13-7-9-14(10-8-13)15(16)17-11-5-6-12(2)3/h4,6-10H,1,5,11H2,2-3H3. The number of hydrogen-bond donors (Lipinski definition) is 0. The third kappa shape index (κ3) is 4.68. The monoisotopic (exact) mass is 230 g/mol. The Balaban J connectivity index is 2.46. The first-order chi connectivity index (χ1) is 8.13. The van der Waals surface area contributed by atoms with E-state index in [0.29, 0.717) is 12.2 Å². The van der Waals surface area contributed by atoms with Crippen molar-refractivity contribution in [3.8, 4) is 0 Å². The summed E-state index contributed by atoms with van der Waals surface area (Å²) in [4.78, 5) is 11.6. The molecule has 0 saturated heterocycles. The molecule has 1 aromatic rings. The van der Waals surface area contributed by atoms with Crippen molar-refractivity contribution in [2.45, 2.75) is 20.3 Å². The van der Waals surface area contributed by atoms with Crippen LogP contribution in [0.4, 0.5) is 0 Å². The SMILES string of the molecule is C=Cc1ccc(C(=O)OCCC=C(C)C)cc1. The van der Waals surface area contributed by atoms with E-state index in [9.17, 15) is 4.79 Å². The molecule has 0 aliphatic heterocycles. The van der Waals surface area contributed by atoms with Crippen molar-refractivity contribution >= 4 is 12.0 Å². The number of hydrogen-bond acceptors (Lipinski definition) is 2. The number of allylic oxidation sites excluding steroid dienone is 1. The maximum absolute atomic E-state index is 11.6. The van der Waals surface area contributed by atoms with Crippen LogP contribution in [-0.4, -0.2) is 12.6 Å². The van der Waals surface area contributed by atoms with Gasteiger partial charge in [-0.2, -0.15) is 0 Å². The van der Waals surface area contributed by atoms with Gasteiger partial charge in [0.05, 0.1) is 12.2 Å². The topological polar surface area (TPSA) is 26.3 Å². The molecule has 0 aromatic heterocycles. The first kappa shape index (κ1) is 13.2. The van der Waals surface area contributed by atoms with E-state index >= 15 is 0 Å². The Morgan fingerprint density at radius 3 is 2.47 bits per heavy atom. The van der Waals surface area contributed by atoms with Gasteiger partial charge in [-0.25, -0.2) is 4.79 Å². The summed E-state index contributed by atoms with van der Waals surface area (Å²) in [6, 6.07) is 7.19. The van der Waals surface area contributed by atoms with E-state index in [-0.39, 0.29) is 5.97 Å². The molecule has 90 valence electrons. The second kappa shape index (κ2) is 6.69.